The van der Waals surface area contributed by atoms with Gasteiger partial charge in [0, 0.05) is 43.2 Å². The van der Waals surface area contributed by atoms with Crippen LogP contribution in [0.15, 0.2) is 24.3 Å². The third-order valence-corrected chi connectivity index (χ3v) is 7.53. The second-order valence-electron chi connectivity index (χ2n) is 9.43. The number of hydrogen-bond donors (Lipinski definition) is 1. The van der Waals surface area contributed by atoms with Crippen molar-refractivity contribution in [2.75, 3.05) is 26.2 Å². The van der Waals surface area contributed by atoms with E-state index in [0.29, 0.717) is 12.6 Å². The zero-order valence-electron chi connectivity index (χ0n) is 17.4. The summed E-state index contributed by atoms with van der Waals surface area (Å²) >= 11 is 0. The number of nitrogens with zero attached hydrogens (tertiary/aromatic N) is 2. The van der Waals surface area contributed by atoms with Crippen molar-refractivity contribution < 1.29 is 9.90 Å². The SMILES string of the molecule is Cc1ccccc1C(=O)N1CCC[C@]2(C1)CN(C1CCCCCC1)CC[C@H]2O. The summed E-state index contributed by atoms with van der Waals surface area (Å²) in [6.07, 6.45) is 10.6. The van der Waals surface area contributed by atoms with Crippen LogP contribution < -0.4 is 0 Å². The molecule has 0 bridgehead atoms. The quantitative estimate of drug-likeness (QED) is 0.784. The Hall–Kier alpha value is -1.39. The molecular formula is C24H36N2O2. The Labute approximate surface area is 169 Å². The first-order valence-corrected chi connectivity index (χ1v) is 11.4. The van der Waals surface area contributed by atoms with Crippen LogP contribution in [0.3, 0.4) is 0 Å². The zero-order chi connectivity index (χ0) is 19.6. The van der Waals surface area contributed by atoms with Gasteiger partial charge in [0.05, 0.1) is 6.10 Å². The van der Waals surface area contributed by atoms with Gasteiger partial charge in [0.1, 0.15) is 0 Å². The molecule has 1 N–H and O–H groups in total. The molecule has 1 aromatic rings. The first-order chi connectivity index (χ1) is 13.6. The molecule has 2 heterocycles. The number of benzene rings is 1. The van der Waals surface area contributed by atoms with Gasteiger partial charge in [-0.2, -0.15) is 0 Å². The highest BCUT2D eigenvalue weighted by molar-refractivity contribution is 5.95. The van der Waals surface area contributed by atoms with Crippen molar-refractivity contribution in [3.63, 3.8) is 0 Å². The minimum Gasteiger partial charge on any atom is -0.392 e. The molecule has 1 amide bonds. The fourth-order valence-electron chi connectivity index (χ4n) is 5.84. The van der Waals surface area contributed by atoms with Crippen LogP contribution in [0.25, 0.3) is 0 Å². The zero-order valence-corrected chi connectivity index (χ0v) is 17.4. The molecule has 3 fully saturated rings. The first-order valence-electron chi connectivity index (χ1n) is 11.4. The van der Waals surface area contributed by atoms with Crippen LogP contribution in [-0.4, -0.2) is 59.1 Å². The normalized spacial score (nSPS) is 30.4. The predicted molar refractivity (Wildman–Crippen MR) is 112 cm³/mol. The fraction of sp³-hybridized carbons (Fsp3) is 0.708. The Morgan fingerprint density at radius 3 is 2.50 bits per heavy atom. The molecule has 2 saturated heterocycles. The Morgan fingerprint density at radius 2 is 1.75 bits per heavy atom. The monoisotopic (exact) mass is 384 g/mol. The van der Waals surface area contributed by atoms with Gasteiger partial charge in [-0.3, -0.25) is 9.69 Å². The van der Waals surface area contributed by atoms with Crippen LogP contribution in [0.2, 0.25) is 0 Å². The Balaban J connectivity index is 1.50. The van der Waals surface area contributed by atoms with E-state index in [1.807, 2.05) is 36.1 Å². The molecule has 1 saturated carbocycles. The summed E-state index contributed by atoms with van der Waals surface area (Å²) in [4.78, 5) is 17.9. The van der Waals surface area contributed by atoms with E-state index in [9.17, 15) is 9.90 Å². The molecule has 0 aromatic heterocycles. The number of aliphatic hydroxyl groups excluding tert-OH is 1. The fourth-order valence-corrected chi connectivity index (χ4v) is 5.84. The van der Waals surface area contributed by atoms with Crippen LogP contribution in [0.1, 0.15) is 73.7 Å². The van der Waals surface area contributed by atoms with Crippen LogP contribution in [0, 0.1) is 12.3 Å². The van der Waals surface area contributed by atoms with Gasteiger partial charge in [-0.15, -0.1) is 0 Å². The highest BCUT2D eigenvalue weighted by atomic mass is 16.3. The lowest BCUT2D eigenvalue weighted by atomic mass is 9.71. The van der Waals surface area contributed by atoms with Gasteiger partial charge in [-0.25, -0.2) is 0 Å². The minimum absolute atomic E-state index is 0.135. The van der Waals surface area contributed by atoms with Crippen LogP contribution >= 0.6 is 0 Å². The number of carbonyl (C=O) groups is 1. The van der Waals surface area contributed by atoms with E-state index < -0.39 is 0 Å². The van der Waals surface area contributed by atoms with Crippen molar-refractivity contribution in [2.24, 2.45) is 5.41 Å². The Bertz CT molecular complexity index is 683. The molecule has 2 aliphatic heterocycles. The lowest BCUT2D eigenvalue weighted by Crippen LogP contribution is -2.61. The Morgan fingerprint density at radius 1 is 1.00 bits per heavy atom. The van der Waals surface area contributed by atoms with E-state index in [0.717, 1.165) is 50.0 Å². The number of aryl methyl sites for hydroxylation is 1. The molecule has 2 atom stereocenters. The number of aliphatic hydroxyl groups is 1. The van der Waals surface area contributed by atoms with Crippen molar-refractivity contribution in [3.8, 4) is 0 Å². The van der Waals surface area contributed by atoms with E-state index in [1.54, 1.807) is 0 Å². The average molecular weight is 385 g/mol. The molecule has 1 spiro atoms. The maximum atomic E-state index is 13.2. The molecule has 4 nitrogen and oxygen atoms in total. The van der Waals surface area contributed by atoms with Crippen molar-refractivity contribution >= 4 is 5.91 Å². The van der Waals surface area contributed by atoms with Crippen molar-refractivity contribution in [1.29, 1.82) is 0 Å². The number of amides is 1. The summed E-state index contributed by atoms with van der Waals surface area (Å²) < 4.78 is 0. The number of rotatable bonds is 2. The molecule has 1 aromatic carbocycles. The second kappa shape index (κ2) is 8.54. The van der Waals surface area contributed by atoms with E-state index >= 15 is 0 Å². The summed E-state index contributed by atoms with van der Waals surface area (Å²) in [7, 11) is 0. The largest absolute Gasteiger partial charge is 0.392 e. The summed E-state index contributed by atoms with van der Waals surface area (Å²) in [5.41, 5.74) is 1.70. The highest BCUT2D eigenvalue weighted by Gasteiger charge is 2.47. The lowest BCUT2D eigenvalue weighted by molar-refractivity contribution is -0.0890. The van der Waals surface area contributed by atoms with Crippen molar-refractivity contribution in [1.82, 2.24) is 9.80 Å². The molecule has 0 unspecified atom stereocenters. The molecule has 4 rings (SSSR count). The standard InChI is InChI=1S/C24H36N2O2/c1-19-9-6-7-12-21(19)23(28)26-15-8-14-24(18-26)17-25(16-13-22(24)27)20-10-4-2-3-5-11-20/h6-7,9,12,20,22,27H,2-5,8,10-11,13-18H2,1H3/t22-,24-/m1/s1. The second-order valence-corrected chi connectivity index (χ2v) is 9.43. The van der Waals surface area contributed by atoms with E-state index in [1.165, 1.54) is 38.5 Å². The lowest BCUT2D eigenvalue weighted by Gasteiger charge is -2.52. The van der Waals surface area contributed by atoms with Crippen LogP contribution in [0.5, 0.6) is 0 Å². The summed E-state index contributed by atoms with van der Waals surface area (Å²) in [6.45, 7) is 5.49. The van der Waals surface area contributed by atoms with Gasteiger partial charge < -0.3 is 10.0 Å². The van der Waals surface area contributed by atoms with E-state index in [4.69, 9.17) is 0 Å². The van der Waals surface area contributed by atoms with Gasteiger partial charge in [0.25, 0.3) is 5.91 Å². The maximum absolute atomic E-state index is 13.2. The van der Waals surface area contributed by atoms with Gasteiger partial charge in [0.2, 0.25) is 0 Å². The molecule has 0 radical (unpaired) electrons. The van der Waals surface area contributed by atoms with Crippen LogP contribution in [0.4, 0.5) is 0 Å². The van der Waals surface area contributed by atoms with Gasteiger partial charge in [0.15, 0.2) is 0 Å². The van der Waals surface area contributed by atoms with Crippen molar-refractivity contribution in [2.45, 2.75) is 76.9 Å². The number of likely N-dealkylation sites (tertiary alicyclic amines) is 2. The number of carbonyl (C=O) groups excluding carboxylic acids is 1. The predicted octanol–water partition coefficient (Wildman–Crippen LogP) is 4.01. The molecule has 1 aliphatic carbocycles. The molecule has 3 aliphatic rings. The summed E-state index contributed by atoms with van der Waals surface area (Å²) in [5.74, 6) is 0.135. The number of hydrogen-bond acceptors (Lipinski definition) is 3. The third-order valence-electron chi connectivity index (χ3n) is 7.53. The topological polar surface area (TPSA) is 43.8 Å². The molecule has 154 valence electrons. The van der Waals surface area contributed by atoms with Gasteiger partial charge >= 0.3 is 0 Å². The Kier molecular flexibility index (Phi) is 6.07. The summed E-state index contributed by atoms with van der Waals surface area (Å²) in [6, 6.07) is 8.56. The summed E-state index contributed by atoms with van der Waals surface area (Å²) in [5, 5.41) is 11.0. The molecular weight excluding hydrogens is 348 g/mol. The van der Waals surface area contributed by atoms with E-state index in [-0.39, 0.29) is 17.4 Å². The van der Waals surface area contributed by atoms with E-state index in [2.05, 4.69) is 4.90 Å². The van der Waals surface area contributed by atoms with Crippen LogP contribution in [-0.2, 0) is 0 Å². The smallest absolute Gasteiger partial charge is 0.254 e. The number of piperidine rings is 2. The van der Waals surface area contributed by atoms with Gasteiger partial charge in [-0.1, -0.05) is 43.9 Å². The highest BCUT2D eigenvalue weighted by Crippen LogP contribution is 2.41. The average Bonchev–Trinajstić information content (AvgIpc) is 3.00. The molecule has 28 heavy (non-hydrogen) atoms. The minimum atomic E-state index is -0.290. The van der Waals surface area contributed by atoms with Crippen molar-refractivity contribution in [3.05, 3.63) is 35.4 Å². The first kappa shape index (κ1) is 19.9. The third kappa shape index (κ3) is 3.99. The van der Waals surface area contributed by atoms with Gasteiger partial charge in [-0.05, 0) is 50.7 Å². The maximum Gasteiger partial charge on any atom is 0.254 e. The molecule has 4 heteroatoms.